The molecule has 184 valence electrons. The molecule has 0 spiro atoms. The van der Waals surface area contributed by atoms with E-state index in [1.54, 1.807) is 11.3 Å². The zero-order chi connectivity index (χ0) is 25.1. The maximum absolute atomic E-state index is 9.26. The number of thiophene rings is 1. The van der Waals surface area contributed by atoms with Crippen molar-refractivity contribution in [1.82, 2.24) is 30.0 Å². The topological polar surface area (TPSA) is 132 Å². The van der Waals surface area contributed by atoms with Gasteiger partial charge in [-0.2, -0.15) is 5.10 Å². The third-order valence-electron chi connectivity index (χ3n) is 6.39. The smallest absolute Gasteiger partial charge is 0.404 e. The summed E-state index contributed by atoms with van der Waals surface area (Å²) in [4.78, 5) is 24.2. The second kappa shape index (κ2) is 10.3. The van der Waals surface area contributed by atoms with Gasteiger partial charge in [-0.05, 0) is 36.4 Å². The fourth-order valence-electron chi connectivity index (χ4n) is 4.60. The van der Waals surface area contributed by atoms with Crippen LogP contribution in [-0.2, 0) is 0 Å². The van der Waals surface area contributed by atoms with Crippen LogP contribution in [0.25, 0.3) is 43.8 Å². The second-order valence-corrected chi connectivity index (χ2v) is 9.63. The first kappa shape index (κ1) is 23.7. The largest absolute Gasteiger partial charge is 0.465 e. The van der Waals surface area contributed by atoms with Crippen LogP contribution < -0.4 is 11.1 Å². The van der Waals surface area contributed by atoms with Crippen molar-refractivity contribution in [2.75, 3.05) is 12.8 Å². The average molecular weight is 502 g/mol. The van der Waals surface area contributed by atoms with E-state index in [-0.39, 0.29) is 0 Å². The van der Waals surface area contributed by atoms with Gasteiger partial charge in [-0.15, -0.1) is 11.3 Å². The lowest BCUT2D eigenvalue weighted by Crippen LogP contribution is -2.14. The first-order chi connectivity index (χ1) is 17.5. The van der Waals surface area contributed by atoms with Gasteiger partial charge < -0.3 is 16.2 Å². The highest BCUT2D eigenvalue weighted by molar-refractivity contribution is 7.13. The number of benzene rings is 1. The Labute approximate surface area is 212 Å². The van der Waals surface area contributed by atoms with Gasteiger partial charge in [0.1, 0.15) is 17.8 Å². The van der Waals surface area contributed by atoms with Crippen LogP contribution >= 0.6 is 11.3 Å². The van der Waals surface area contributed by atoms with Crippen molar-refractivity contribution in [3.8, 4) is 21.8 Å². The zero-order valence-corrected chi connectivity index (χ0v) is 20.7. The minimum absolute atomic E-state index is 0.364. The first-order valence-corrected chi connectivity index (χ1v) is 12.8. The molecule has 6 rings (SSSR count). The van der Waals surface area contributed by atoms with E-state index >= 15 is 0 Å². The van der Waals surface area contributed by atoms with Crippen molar-refractivity contribution in [3.63, 3.8) is 0 Å². The quantitative estimate of drug-likeness (QED) is 0.287. The monoisotopic (exact) mass is 501 g/mol. The fraction of sp³-hybridized carbons (Fsp3) is 0.269. The predicted molar refractivity (Wildman–Crippen MR) is 143 cm³/mol. The summed E-state index contributed by atoms with van der Waals surface area (Å²) >= 11 is 1.70. The number of carbonyl (C=O) groups is 1. The molecule has 4 N–H and O–H groups in total. The molecule has 1 amide bonds. The van der Waals surface area contributed by atoms with Crippen LogP contribution in [0.3, 0.4) is 0 Å². The summed E-state index contributed by atoms with van der Waals surface area (Å²) in [6, 6.07) is 15.0. The SMILES string of the molecule is CNC(=O)O.Nc1ncnc2c1c(-c1ccc3ccc(-c4cccs4)nc3c1)nn2C1CCCCC1. The lowest BCUT2D eigenvalue weighted by molar-refractivity contribution is 0.197. The highest BCUT2D eigenvalue weighted by atomic mass is 32.1. The van der Waals surface area contributed by atoms with Crippen molar-refractivity contribution in [2.24, 2.45) is 0 Å². The number of rotatable bonds is 3. The molecule has 0 radical (unpaired) electrons. The Balaban J connectivity index is 0.000000489. The molecule has 0 unspecified atom stereocenters. The highest BCUT2D eigenvalue weighted by Crippen LogP contribution is 2.36. The standard InChI is InChI=1S/C24H22N6S.C2H5NO2/c25-23-21-22(29-30(24(21)27-14-26-23)17-5-2-1-3-6-17)16-9-8-15-10-11-18(28-19(15)13-16)20-7-4-12-31-20;1-3-2(4)5/h4,7-14,17H,1-3,5-6H2,(H2,25,26,27);3H,1H3,(H,4,5). The lowest BCUT2D eigenvalue weighted by Gasteiger charge is -2.22. The number of fused-ring (bicyclic) bond motifs is 2. The number of nitrogens with zero attached hydrogens (tertiary/aromatic N) is 5. The molecule has 0 atom stereocenters. The first-order valence-electron chi connectivity index (χ1n) is 11.9. The van der Waals surface area contributed by atoms with E-state index in [4.69, 9.17) is 20.9 Å². The summed E-state index contributed by atoms with van der Waals surface area (Å²) in [5.41, 5.74) is 10.9. The van der Waals surface area contributed by atoms with Crippen molar-refractivity contribution >= 4 is 45.2 Å². The van der Waals surface area contributed by atoms with Crippen LogP contribution in [-0.4, -0.2) is 43.0 Å². The number of anilines is 1. The van der Waals surface area contributed by atoms with E-state index in [1.165, 1.54) is 32.6 Å². The highest BCUT2D eigenvalue weighted by Gasteiger charge is 2.23. The van der Waals surface area contributed by atoms with Gasteiger partial charge in [0.25, 0.3) is 0 Å². The molecule has 5 aromatic rings. The minimum atomic E-state index is -0.995. The van der Waals surface area contributed by atoms with Crippen LogP contribution in [0.1, 0.15) is 38.1 Å². The van der Waals surface area contributed by atoms with E-state index in [0.29, 0.717) is 11.9 Å². The van der Waals surface area contributed by atoms with E-state index in [1.807, 2.05) is 5.32 Å². The zero-order valence-electron chi connectivity index (χ0n) is 19.9. The summed E-state index contributed by atoms with van der Waals surface area (Å²) in [7, 11) is 1.35. The number of nitrogens with two attached hydrogens (primary N) is 1. The number of hydrogen-bond donors (Lipinski definition) is 3. The van der Waals surface area contributed by atoms with Gasteiger partial charge >= 0.3 is 6.09 Å². The van der Waals surface area contributed by atoms with Crippen molar-refractivity contribution in [1.29, 1.82) is 0 Å². The van der Waals surface area contributed by atoms with E-state index < -0.39 is 6.09 Å². The molecular weight excluding hydrogens is 474 g/mol. The van der Waals surface area contributed by atoms with Crippen LogP contribution in [0, 0.1) is 0 Å². The molecule has 0 bridgehead atoms. The number of hydrogen-bond acceptors (Lipinski definition) is 7. The number of nitrogen functional groups attached to an aromatic ring is 1. The fourth-order valence-corrected chi connectivity index (χ4v) is 5.30. The van der Waals surface area contributed by atoms with Crippen molar-refractivity contribution < 1.29 is 9.90 Å². The number of pyridine rings is 1. The molecule has 1 saturated carbocycles. The number of amides is 1. The minimum Gasteiger partial charge on any atom is -0.465 e. The van der Waals surface area contributed by atoms with E-state index in [9.17, 15) is 4.79 Å². The van der Waals surface area contributed by atoms with Crippen LogP contribution in [0.2, 0.25) is 0 Å². The van der Waals surface area contributed by atoms with Gasteiger partial charge in [-0.3, -0.25) is 0 Å². The Bertz CT molecular complexity index is 1510. The van der Waals surface area contributed by atoms with Gasteiger partial charge in [0.05, 0.1) is 27.5 Å². The van der Waals surface area contributed by atoms with Crippen LogP contribution in [0.4, 0.5) is 10.6 Å². The van der Waals surface area contributed by atoms with E-state index in [0.717, 1.165) is 56.6 Å². The molecule has 1 fully saturated rings. The average Bonchev–Trinajstić information content (AvgIpc) is 3.58. The molecule has 0 aliphatic heterocycles. The van der Waals surface area contributed by atoms with E-state index in [2.05, 4.69) is 62.5 Å². The Morgan fingerprint density at radius 3 is 2.64 bits per heavy atom. The molecule has 1 aliphatic rings. The third kappa shape index (κ3) is 4.72. The molecule has 10 heteroatoms. The lowest BCUT2D eigenvalue weighted by atomic mass is 9.96. The molecule has 1 aromatic carbocycles. The number of carboxylic acid groups (broad SMARTS) is 1. The number of nitrogens with one attached hydrogen (secondary N) is 1. The maximum atomic E-state index is 9.26. The molecule has 0 saturated heterocycles. The molecule has 36 heavy (non-hydrogen) atoms. The summed E-state index contributed by atoms with van der Waals surface area (Å²) < 4.78 is 2.08. The normalized spacial score (nSPS) is 13.9. The molecule has 4 heterocycles. The molecular formula is C26H27N7O2S. The van der Waals surface area contributed by atoms with Crippen molar-refractivity contribution in [2.45, 2.75) is 38.1 Å². The van der Waals surface area contributed by atoms with Gasteiger partial charge in [0.15, 0.2) is 5.65 Å². The van der Waals surface area contributed by atoms with Crippen molar-refractivity contribution in [3.05, 3.63) is 54.2 Å². The van der Waals surface area contributed by atoms with Gasteiger partial charge in [-0.1, -0.05) is 43.5 Å². The summed E-state index contributed by atoms with van der Waals surface area (Å²) in [5.74, 6) is 0.474. The molecule has 4 aromatic heterocycles. The summed E-state index contributed by atoms with van der Waals surface area (Å²) in [6.45, 7) is 0. The third-order valence-corrected chi connectivity index (χ3v) is 7.28. The molecule has 1 aliphatic carbocycles. The molecule has 9 nitrogen and oxygen atoms in total. The van der Waals surface area contributed by atoms with Gasteiger partial charge in [-0.25, -0.2) is 24.4 Å². The Kier molecular flexibility index (Phi) is 6.77. The number of aromatic nitrogens is 5. The summed E-state index contributed by atoms with van der Waals surface area (Å²) in [6.07, 6.45) is 6.55. The Hall–Kier alpha value is -4.05. The second-order valence-electron chi connectivity index (χ2n) is 8.68. The van der Waals surface area contributed by atoms with Crippen LogP contribution in [0.15, 0.2) is 54.2 Å². The predicted octanol–water partition coefficient (Wildman–Crippen LogP) is 5.74. The Morgan fingerprint density at radius 2 is 1.92 bits per heavy atom. The Morgan fingerprint density at radius 1 is 1.14 bits per heavy atom. The van der Waals surface area contributed by atoms with Gasteiger partial charge in [0.2, 0.25) is 0 Å². The maximum Gasteiger partial charge on any atom is 0.404 e. The van der Waals surface area contributed by atoms with Crippen LogP contribution in [0.5, 0.6) is 0 Å². The summed E-state index contributed by atoms with van der Waals surface area (Å²) in [5, 5.41) is 18.6. The van der Waals surface area contributed by atoms with Gasteiger partial charge in [0, 0.05) is 18.0 Å².